The molecule has 0 spiro atoms. The number of anilines is 1. The van der Waals surface area contributed by atoms with Crippen molar-refractivity contribution in [1.29, 1.82) is 5.26 Å². The van der Waals surface area contributed by atoms with E-state index in [1.807, 2.05) is 12.1 Å². The van der Waals surface area contributed by atoms with Gasteiger partial charge in [0.2, 0.25) is 0 Å². The highest BCUT2D eigenvalue weighted by molar-refractivity contribution is 7.14. The molecule has 0 radical (unpaired) electrons. The molecule has 1 aromatic heterocycles. The van der Waals surface area contributed by atoms with Crippen molar-refractivity contribution in [3.8, 4) is 6.07 Å². The third-order valence-electron chi connectivity index (χ3n) is 4.46. The number of benzene rings is 1. The Bertz CT molecular complexity index is 864. The number of carbonyl (C=O) groups excluding carboxylic acids is 2. The van der Waals surface area contributed by atoms with E-state index in [9.17, 15) is 9.59 Å². The smallest absolute Gasteiger partial charge is 0.349 e. The van der Waals surface area contributed by atoms with Gasteiger partial charge in [0.15, 0.2) is 6.10 Å². The Morgan fingerprint density at radius 3 is 2.77 bits per heavy atom. The molecular weight excluding hydrogens is 348 g/mol. The zero-order chi connectivity index (χ0) is 18.7. The SMILES string of the molecule is C[C@H]1CCc2sc(C(=O)O[C@@H](C)C(=O)Nc3ccc(C#N)cc3)cc2C1. The lowest BCUT2D eigenvalue weighted by atomic mass is 9.90. The van der Waals surface area contributed by atoms with Crippen molar-refractivity contribution in [3.05, 3.63) is 51.2 Å². The zero-order valence-electron chi connectivity index (χ0n) is 14.7. The number of nitrogens with one attached hydrogen (secondary N) is 1. The molecule has 1 aliphatic carbocycles. The molecule has 5 nitrogen and oxygen atoms in total. The number of amides is 1. The Hall–Kier alpha value is -2.65. The molecule has 2 atom stereocenters. The predicted molar refractivity (Wildman–Crippen MR) is 100 cm³/mol. The monoisotopic (exact) mass is 368 g/mol. The Morgan fingerprint density at radius 1 is 1.35 bits per heavy atom. The first-order valence-electron chi connectivity index (χ1n) is 8.60. The lowest BCUT2D eigenvalue weighted by Gasteiger charge is -2.16. The first-order valence-corrected chi connectivity index (χ1v) is 9.41. The molecule has 26 heavy (non-hydrogen) atoms. The minimum absolute atomic E-state index is 0.405. The number of rotatable bonds is 4. The van der Waals surface area contributed by atoms with Gasteiger partial charge in [-0.3, -0.25) is 4.79 Å². The van der Waals surface area contributed by atoms with Crippen LogP contribution >= 0.6 is 11.3 Å². The molecule has 1 aliphatic rings. The second-order valence-electron chi connectivity index (χ2n) is 6.63. The normalized spacial score (nSPS) is 16.9. The summed E-state index contributed by atoms with van der Waals surface area (Å²) in [6.07, 6.45) is 2.23. The minimum atomic E-state index is -0.906. The number of hydrogen-bond donors (Lipinski definition) is 1. The highest BCUT2D eigenvalue weighted by Gasteiger charge is 2.24. The topological polar surface area (TPSA) is 79.2 Å². The van der Waals surface area contributed by atoms with Gasteiger partial charge in [0, 0.05) is 10.6 Å². The molecule has 1 aromatic carbocycles. The van der Waals surface area contributed by atoms with Crippen molar-refractivity contribution in [2.75, 3.05) is 5.32 Å². The van der Waals surface area contributed by atoms with Crippen LogP contribution in [-0.2, 0) is 22.4 Å². The van der Waals surface area contributed by atoms with E-state index in [4.69, 9.17) is 10.00 Å². The Kier molecular flexibility index (Phi) is 5.38. The maximum Gasteiger partial charge on any atom is 0.349 e. The fraction of sp³-hybridized carbons (Fsp3) is 0.350. The zero-order valence-corrected chi connectivity index (χ0v) is 15.6. The maximum atomic E-state index is 12.4. The summed E-state index contributed by atoms with van der Waals surface area (Å²) in [4.78, 5) is 26.4. The molecule has 1 heterocycles. The summed E-state index contributed by atoms with van der Waals surface area (Å²) in [5.41, 5.74) is 2.30. The summed E-state index contributed by atoms with van der Waals surface area (Å²) in [5.74, 6) is -0.226. The molecule has 0 saturated heterocycles. The van der Waals surface area contributed by atoms with Crippen LogP contribution < -0.4 is 5.32 Å². The third kappa shape index (κ3) is 4.12. The highest BCUT2D eigenvalue weighted by Crippen LogP contribution is 2.32. The molecule has 0 bridgehead atoms. The van der Waals surface area contributed by atoms with Crippen LogP contribution in [-0.4, -0.2) is 18.0 Å². The van der Waals surface area contributed by atoms with Crippen molar-refractivity contribution in [3.63, 3.8) is 0 Å². The van der Waals surface area contributed by atoms with Crippen LogP contribution in [0.4, 0.5) is 5.69 Å². The highest BCUT2D eigenvalue weighted by atomic mass is 32.1. The molecule has 6 heteroatoms. The van der Waals surface area contributed by atoms with E-state index in [0.717, 1.165) is 19.3 Å². The van der Waals surface area contributed by atoms with Crippen LogP contribution in [0.25, 0.3) is 0 Å². The number of fused-ring (bicyclic) bond motifs is 1. The van der Waals surface area contributed by atoms with E-state index in [-0.39, 0.29) is 0 Å². The fourth-order valence-electron chi connectivity index (χ4n) is 2.95. The van der Waals surface area contributed by atoms with Crippen LogP contribution in [0.5, 0.6) is 0 Å². The number of nitriles is 1. The first kappa shape index (κ1) is 18.2. The van der Waals surface area contributed by atoms with E-state index in [0.29, 0.717) is 22.0 Å². The standard InChI is InChI=1S/C20H20N2O3S/c1-12-3-8-17-15(9-12)10-18(26-17)20(24)25-13(2)19(23)22-16-6-4-14(11-21)5-7-16/h4-7,10,12-13H,3,8-9H2,1-2H3,(H,22,23)/t12-,13-/m0/s1. The largest absolute Gasteiger partial charge is 0.448 e. The number of nitrogens with zero attached hydrogens (tertiary/aromatic N) is 1. The van der Waals surface area contributed by atoms with Crippen molar-refractivity contribution in [2.45, 2.75) is 39.2 Å². The summed E-state index contributed by atoms with van der Waals surface area (Å²) in [5, 5.41) is 11.5. The lowest BCUT2D eigenvalue weighted by molar-refractivity contribution is -0.123. The average molecular weight is 368 g/mol. The number of hydrogen-bond acceptors (Lipinski definition) is 5. The summed E-state index contributed by atoms with van der Waals surface area (Å²) < 4.78 is 5.33. The van der Waals surface area contributed by atoms with Gasteiger partial charge in [0.25, 0.3) is 5.91 Å². The molecule has 134 valence electrons. The molecule has 0 unspecified atom stereocenters. The molecule has 0 aliphatic heterocycles. The van der Waals surface area contributed by atoms with E-state index in [2.05, 4.69) is 12.2 Å². The summed E-state index contributed by atoms with van der Waals surface area (Å²) in [7, 11) is 0. The number of carbonyl (C=O) groups is 2. The van der Waals surface area contributed by atoms with Crippen LogP contribution in [0.2, 0.25) is 0 Å². The predicted octanol–water partition coefficient (Wildman–Crippen LogP) is 3.93. The van der Waals surface area contributed by atoms with Crippen LogP contribution in [0.15, 0.2) is 30.3 Å². The molecule has 0 fully saturated rings. The van der Waals surface area contributed by atoms with Crippen molar-refractivity contribution >= 4 is 28.9 Å². The Balaban J connectivity index is 1.60. The molecule has 0 saturated carbocycles. The van der Waals surface area contributed by atoms with Crippen molar-refractivity contribution in [1.82, 2.24) is 0 Å². The number of ether oxygens (including phenoxy) is 1. The van der Waals surface area contributed by atoms with E-state index >= 15 is 0 Å². The van der Waals surface area contributed by atoms with Gasteiger partial charge >= 0.3 is 5.97 Å². The Labute approximate surface area is 156 Å². The summed E-state index contributed by atoms with van der Waals surface area (Å²) in [6, 6.07) is 10.4. The molecule has 2 aromatic rings. The lowest BCUT2D eigenvalue weighted by Crippen LogP contribution is -2.29. The van der Waals surface area contributed by atoms with Crippen molar-refractivity contribution in [2.24, 2.45) is 5.92 Å². The van der Waals surface area contributed by atoms with Gasteiger partial charge in [-0.15, -0.1) is 11.3 Å². The van der Waals surface area contributed by atoms with Gasteiger partial charge in [0.05, 0.1) is 11.6 Å². The summed E-state index contributed by atoms with van der Waals surface area (Å²) in [6.45, 7) is 3.76. The van der Waals surface area contributed by atoms with Crippen LogP contribution in [0.3, 0.4) is 0 Å². The molecular formula is C20H20N2O3S. The second-order valence-corrected chi connectivity index (χ2v) is 7.77. The second kappa shape index (κ2) is 7.71. The van der Waals surface area contributed by atoms with E-state index < -0.39 is 18.0 Å². The third-order valence-corrected chi connectivity index (χ3v) is 5.68. The molecule has 1 N–H and O–H groups in total. The first-order chi connectivity index (χ1) is 12.5. The molecule has 3 rings (SSSR count). The quantitative estimate of drug-likeness (QED) is 0.829. The number of esters is 1. The van der Waals surface area contributed by atoms with E-state index in [1.54, 1.807) is 31.2 Å². The number of aryl methyl sites for hydroxylation is 1. The van der Waals surface area contributed by atoms with Crippen LogP contribution in [0, 0.1) is 17.2 Å². The van der Waals surface area contributed by atoms with Crippen LogP contribution in [0.1, 0.15) is 45.9 Å². The van der Waals surface area contributed by atoms with Crippen molar-refractivity contribution < 1.29 is 14.3 Å². The van der Waals surface area contributed by atoms with Gasteiger partial charge in [0.1, 0.15) is 4.88 Å². The maximum absolute atomic E-state index is 12.4. The van der Waals surface area contributed by atoms with Gasteiger partial charge in [-0.1, -0.05) is 6.92 Å². The van der Waals surface area contributed by atoms with E-state index in [1.165, 1.54) is 21.8 Å². The Morgan fingerprint density at radius 2 is 2.08 bits per heavy atom. The van der Waals surface area contributed by atoms with Gasteiger partial charge in [-0.25, -0.2) is 4.79 Å². The average Bonchev–Trinajstić information content (AvgIpc) is 3.05. The number of thiophene rings is 1. The summed E-state index contributed by atoms with van der Waals surface area (Å²) >= 11 is 1.47. The van der Waals surface area contributed by atoms with Gasteiger partial charge in [-0.2, -0.15) is 5.26 Å². The fourth-order valence-corrected chi connectivity index (χ4v) is 4.04. The van der Waals surface area contributed by atoms with Gasteiger partial charge in [-0.05, 0) is 68.0 Å². The minimum Gasteiger partial charge on any atom is -0.448 e. The molecule has 1 amide bonds. The van der Waals surface area contributed by atoms with Gasteiger partial charge < -0.3 is 10.1 Å².